The van der Waals surface area contributed by atoms with E-state index in [1.54, 1.807) is 18.2 Å². The Morgan fingerprint density at radius 1 is 1.14 bits per heavy atom. The van der Waals surface area contributed by atoms with E-state index in [1.807, 2.05) is 0 Å². The van der Waals surface area contributed by atoms with Gasteiger partial charge in [-0.15, -0.1) is 0 Å². The molecule has 0 amide bonds. The van der Waals surface area contributed by atoms with E-state index in [0.29, 0.717) is 16.7 Å². The lowest BCUT2D eigenvalue weighted by Crippen LogP contribution is -2.10. The van der Waals surface area contributed by atoms with E-state index in [0.717, 1.165) is 0 Å². The van der Waals surface area contributed by atoms with E-state index in [2.05, 4.69) is 0 Å². The van der Waals surface area contributed by atoms with Gasteiger partial charge >= 0.3 is 0 Å². The first-order valence-electron chi connectivity index (χ1n) is 4.41. The molecule has 1 aromatic carbocycles. The number of Topliss-reactive ketones (excluding diaryl/α,β-unsaturated/α-hetero) is 2. The Labute approximate surface area is 82.9 Å². The quantitative estimate of drug-likeness (QED) is 0.737. The lowest BCUT2D eigenvalue weighted by atomic mass is 9.96. The topological polar surface area (TPSA) is 60.2 Å². The van der Waals surface area contributed by atoms with Crippen LogP contribution in [0.3, 0.4) is 0 Å². The predicted octanol–water partition coefficient (Wildman–Crippen LogP) is 1.55. The Kier molecular flexibility index (Phi) is 3.14. The minimum Gasteiger partial charge on any atom is -0.326 e. The SMILES string of the molecule is CC(=O)c1cccc(C(C)=O)c1CN. The summed E-state index contributed by atoms with van der Waals surface area (Å²) < 4.78 is 0. The van der Waals surface area contributed by atoms with E-state index in [-0.39, 0.29) is 18.1 Å². The van der Waals surface area contributed by atoms with Crippen molar-refractivity contribution >= 4 is 11.6 Å². The molecule has 0 bridgehead atoms. The molecule has 2 N–H and O–H groups in total. The number of carbonyl (C=O) groups is 2. The Hall–Kier alpha value is -1.48. The first-order valence-corrected chi connectivity index (χ1v) is 4.41. The lowest BCUT2D eigenvalue weighted by molar-refractivity contribution is 0.101. The average molecular weight is 191 g/mol. The number of hydrogen-bond acceptors (Lipinski definition) is 3. The highest BCUT2D eigenvalue weighted by molar-refractivity contribution is 6.02. The molecule has 1 aromatic rings. The van der Waals surface area contributed by atoms with Crippen LogP contribution in [0.4, 0.5) is 0 Å². The van der Waals surface area contributed by atoms with Crippen LogP contribution in [-0.2, 0) is 6.54 Å². The molecule has 0 spiro atoms. The fourth-order valence-electron chi connectivity index (χ4n) is 1.47. The van der Waals surface area contributed by atoms with Crippen molar-refractivity contribution in [3.8, 4) is 0 Å². The van der Waals surface area contributed by atoms with Gasteiger partial charge in [0.2, 0.25) is 0 Å². The van der Waals surface area contributed by atoms with Gasteiger partial charge in [0.1, 0.15) is 0 Å². The Bertz CT molecular complexity index is 351. The molecule has 0 saturated carbocycles. The van der Waals surface area contributed by atoms with Crippen LogP contribution in [0.5, 0.6) is 0 Å². The van der Waals surface area contributed by atoms with E-state index >= 15 is 0 Å². The van der Waals surface area contributed by atoms with Crippen LogP contribution < -0.4 is 5.73 Å². The minimum absolute atomic E-state index is 0.0615. The van der Waals surface area contributed by atoms with Crippen LogP contribution >= 0.6 is 0 Å². The van der Waals surface area contributed by atoms with E-state index in [9.17, 15) is 9.59 Å². The first kappa shape index (κ1) is 10.6. The summed E-state index contributed by atoms with van der Waals surface area (Å²) in [7, 11) is 0. The van der Waals surface area contributed by atoms with Crippen LogP contribution in [-0.4, -0.2) is 11.6 Å². The minimum atomic E-state index is -0.0615. The standard InChI is InChI=1S/C11H13NO2/c1-7(13)9-4-3-5-10(8(2)14)11(9)6-12/h3-5H,6,12H2,1-2H3. The van der Waals surface area contributed by atoms with Crippen molar-refractivity contribution in [1.29, 1.82) is 0 Å². The molecule has 3 heteroatoms. The molecule has 0 unspecified atom stereocenters. The highest BCUT2D eigenvalue weighted by atomic mass is 16.1. The number of ketones is 2. The zero-order valence-corrected chi connectivity index (χ0v) is 8.33. The maximum atomic E-state index is 11.2. The van der Waals surface area contributed by atoms with Gasteiger partial charge < -0.3 is 5.73 Å². The van der Waals surface area contributed by atoms with Gasteiger partial charge in [-0.2, -0.15) is 0 Å². The van der Waals surface area contributed by atoms with Crippen molar-refractivity contribution < 1.29 is 9.59 Å². The van der Waals surface area contributed by atoms with Crippen molar-refractivity contribution in [2.45, 2.75) is 20.4 Å². The summed E-state index contributed by atoms with van der Waals surface area (Å²) in [6, 6.07) is 5.08. The first-order chi connectivity index (χ1) is 6.57. The Balaban J connectivity index is 3.39. The molecule has 0 aliphatic carbocycles. The number of rotatable bonds is 3. The maximum Gasteiger partial charge on any atom is 0.160 e. The molecular formula is C11H13NO2. The molecule has 3 nitrogen and oxygen atoms in total. The van der Waals surface area contributed by atoms with Gasteiger partial charge in [-0.05, 0) is 19.4 Å². The predicted molar refractivity (Wildman–Crippen MR) is 54.3 cm³/mol. The second kappa shape index (κ2) is 4.15. The number of hydrogen-bond donors (Lipinski definition) is 1. The van der Waals surface area contributed by atoms with E-state index in [1.165, 1.54) is 13.8 Å². The van der Waals surface area contributed by atoms with Gasteiger partial charge in [0.15, 0.2) is 11.6 Å². The summed E-state index contributed by atoms with van der Waals surface area (Å²) in [6.45, 7) is 3.15. The zero-order chi connectivity index (χ0) is 10.7. The van der Waals surface area contributed by atoms with Crippen molar-refractivity contribution in [2.75, 3.05) is 0 Å². The van der Waals surface area contributed by atoms with Crippen molar-refractivity contribution in [1.82, 2.24) is 0 Å². The molecule has 0 heterocycles. The Morgan fingerprint density at radius 3 is 1.86 bits per heavy atom. The third kappa shape index (κ3) is 1.88. The summed E-state index contributed by atoms with van der Waals surface area (Å²) in [5, 5.41) is 0. The summed E-state index contributed by atoms with van der Waals surface area (Å²) in [6.07, 6.45) is 0. The van der Waals surface area contributed by atoms with Crippen LogP contribution in [0.2, 0.25) is 0 Å². The van der Waals surface area contributed by atoms with Crippen molar-refractivity contribution in [2.24, 2.45) is 5.73 Å². The van der Waals surface area contributed by atoms with E-state index < -0.39 is 0 Å². The highest BCUT2D eigenvalue weighted by Gasteiger charge is 2.12. The molecule has 74 valence electrons. The van der Waals surface area contributed by atoms with Gasteiger partial charge in [-0.1, -0.05) is 18.2 Å². The molecule has 0 aliphatic heterocycles. The van der Waals surface area contributed by atoms with Crippen LogP contribution in [0.1, 0.15) is 40.1 Å². The Morgan fingerprint density at radius 2 is 1.57 bits per heavy atom. The van der Waals surface area contributed by atoms with Crippen LogP contribution in [0.25, 0.3) is 0 Å². The summed E-state index contributed by atoms with van der Waals surface area (Å²) in [4.78, 5) is 22.5. The maximum absolute atomic E-state index is 11.2. The van der Waals surface area contributed by atoms with E-state index in [4.69, 9.17) is 5.73 Å². The fraction of sp³-hybridized carbons (Fsp3) is 0.273. The number of benzene rings is 1. The monoisotopic (exact) mass is 191 g/mol. The summed E-state index contributed by atoms with van der Waals surface area (Å²) in [5.74, 6) is -0.123. The normalized spacial score (nSPS) is 9.93. The van der Waals surface area contributed by atoms with Gasteiger partial charge in [-0.25, -0.2) is 0 Å². The molecule has 0 aromatic heterocycles. The van der Waals surface area contributed by atoms with Crippen LogP contribution in [0, 0.1) is 0 Å². The highest BCUT2D eigenvalue weighted by Crippen LogP contribution is 2.15. The second-order valence-electron chi connectivity index (χ2n) is 3.15. The molecule has 14 heavy (non-hydrogen) atoms. The molecule has 0 atom stereocenters. The van der Waals surface area contributed by atoms with Crippen molar-refractivity contribution in [3.63, 3.8) is 0 Å². The third-order valence-electron chi connectivity index (χ3n) is 2.14. The van der Waals surface area contributed by atoms with Gasteiger partial charge in [0, 0.05) is 17.7 Å². The molecule has 0 fully saturated rings. The average Bonchev–Trinajstić information content (AvgIpc) is 2.16. The number of nitrogens with two attached hydrogens (primary N) is 1. The molecule has 0 saturated heterocycles. The molecule has 0 aliphatic rings. The van der Waals surface area contributed by atoms with Gasteiger partial charge in [0.25, 0.3) is 0 Å². The molecular weight excluding hydrogens is 178 g/mol. The zero-order valence-electron chi connectivity index (χ0n) is 8.33. The molecule has 0 radical (unpaired) electrons. The van der Waals surface area contributed by atoms with Crippen molar-refractivity contribution in [3.05, 3.63) is 34.9 Å². The summed E-state index contributed by atoms with van der Waals surface area (Å²) >= 11 is 0. The summed E-state index contributed by atoms with van der Waals surface area (Å²) in [5.41, 5.74) is 7.25. The largest absolute Gasteiger partial charge is 0.326 e. The fourth-order valence-corrected chi connectivity index (χ4v) is 1.47. The van der Waals surface area contributed by atoms with Gasteiger partial charge in [0.05, 0.1) is 0 Å². The lowest BCUT2D eigenvalue weighted by Gasteiger charge is -2.08. The van der Waals surface area contributed by atoms with Crippen LogP contribution in [0.15, 0.2) is 18.2 Å². The molecule has 1 rings (SSSR count). The van der Waals surface area contributed by atoms with Gasteiger partial charge in [-0.3, -0.25) is 9.59 Å². The smallest absolute Gasteiger partial charge is 0.160 e. The second-order valence-corrected chi connectivity index (χ2v) is 3.15. The number of carbonyl (C=O) groups excluding carboxylic acids is 2. The third-order valence-corrected chi connectivity index (χ3v) is 2.14.